The van der Waals surface area contributed by atoms with Gasteiger partial charge in [0.25, 0.3) is 0 Å². The molecule has 130 valence electrons. The number of hydrogen-bond acceptors (Lipinski definition) is 4. The molecule has 0 saturated carbocycles. The molecule has 2 aliphatic rings. The van der Waals surface area contributed by atoms with Crippen molar-refractivity contribution in [1.29, 1.82) is 0 Å². The number of hydrogen-bond donors (Lipinski definition) is 0. The first-order valence-electron chi connectivity index (χ1n) is 7.53. The monoisotopic (exact) mass is 450 g/mol. The Kier molecular flexibility index (Phi) is 5.30. The standard InChI is InChI=1S/C15H16BrClN2O3S2/c1-2-3-14(20)18-15-19(11-5-4-9(16)6-10(11)17)12-7-24(21,22)8-13(12)23-15/h4-6,12-13H,2-3,7-8H2,1H3/t12-,13-/m1/s1. The van der Waals surface area contributed by atoms with Crippen LogP contribution in [0.15, 0.2) is 27.7 Å². The van der Waals surface area contributed by atoms with Crippen molar-refractivity contribution in [3.05, 3.63) is 27.7 Å². The molecule has 1 aromatic rings. The Balaban J connectivity index is 2.03. The number of benzene rings is 1. The molecule has 0 N–H and O–H groups in total. The smallest absolute Gasteiger partial charge is 0.248 e. The number of amides is 1. The Morgan fingerprint density at radius 3 is 2.88 bits per heavy atom. The van der Waals surface area contributed by atoms with E-state index in [0.717, 1.165) is 10.9 Å². The maximum absolute atomic E-state index is 12.0. The topological polar surface area (TPSA) is 66.8 Å². The summed E-state index contributed by atoms with van der Waals surface area (Å²) >= 11 is 11.1. The summed E-state index contributed by atoms with van der Waals surface area (Å²) in [6.45, 7) is 1.92. The summed E-state index contributed by atoms with van der Waals surface area (Å²) in [7, 11) is -3.08. The first-order valence-corrected chi connectivity index (χ1v) is 11.4. The molecule has 2 heterocycles. The van der Waals surface area contributed by atoms with Crippen LogP contribution >= 0.6 is 39.3 Å². The number of carbonyl (C=O) groups is 1. The Bertz CT molecular complexity index is 813. The number of anilines is 1. The average molecular weight is 452 g/mol. The lowest BCUT2D eigenvalue weighted by atomic mass is 10.2. The Morgan fingerprint density at radius 2 is 2.21 bits per heavy atom. The highest BCUT2D eigenvalue weighted by Gasteiger charge is 2.49. The van der Waals surface area contributed by atoms with Crippen molar-refractivity contribution >= 4 is 65.9 Å². The van der Waals surface area contributed by atoms with Gasteiger partial charge >= 0.3 is 0 Å². The van der Waals surface area contributed by atoms with E-state index in [9.17, 15) is 13.2 Å². The lowest BCUT2D eigenvalue weighted by molar-refractivity contribution is -0.117. The highest BCUT2D eigenvalue weighted by molar-refractivity contribution is 9.10. The fourth-order valence-electron chi connectivity index (χ4n) is 2.90. The zero-order valence-corrected chi connectivity index (χ0v) is 16.9. The summed E-state index contributed by atoms with van der Waals surface area (Å²) in [5.41, 5.74) is 0.681. The number of thioether (sulfide) groups is 1. The van der Waals surface area contributed by atoms with E-state index in [1.165, 1.54) is 11.8 Å². The minimum Gasteiger partial charge on any atom is -0.314 e. The zero-order chi connectivity index (χ0) is 17.5. The summed E-state index contributed by atoms with van der Waals surface area (Å²) in [6.07, 6.45) is 1.10. The third kappa shape index (κ3) is 3.66. The molecule has 2 fully saturated rings. The van der Waals surface area contributed by atoms with Crippen LogP contribution < -0.4 is 4.90 Å². The normalized spacial score (nSPS) is 26.8. The molecule has 9 heteroatoms. The van der Waals surface area contributed by atoms with Crippen molar-refractivity contribution in [2.45, 2.75) is 31.1 Å². The fraction of sp³-hybridized carbons (Fsp3) is 0.467. The van der Waals surface area contributed by atoms with Crippen LogP contribution in [0.5, 0.6) is 0 Å². The van der Waals surface area contributed by atoms with Crippen molar-refractivity contribution in [3.8, 4) is 0 Å². The number of halogens is 2. The Morgan fingerprint density at radius 1 is 1.46 bits per heavy atom. The first kappa shape index (κ1) is 18.2. The summed E-state index contributed by atoms with van der Waals surface area (Å²) in [5, 5.41) is 0.913. The van der Waals surface area contributed by atoms with Gasteiger partial charge in [-0.3, -0.25) is 4.79 Å². The van der Waals surface area contributed by atoms with E-state index in [1.807, 2.05) is 24.0 Å². The molecule has 2 atom stereocenters. The van der Waals surface area contributed by atoms with Gasteiger partial charge in [-0.25, -0.2) is 8.42 Å². The molecule has 0 aliphatic carbocycles. The van der Waals surface area contributed by atoms with E-state index in [0.29, 0.717) is 22.3 Å². The van der Waals surface area contributed by atoms with Gasteiger partial charge in [0.05, 0.1) is 28.3 Å². The third-order valence-electron chi connectivity index (χ3n) is 3.92. The summed E-state index contributed by atoms with van der Waals surface area (Å²) < 4.78 is 24.8. The van der Waals surface area contributed by atoms with Gasteiger partial charge in [-0.2, -0.15) is 4.99 Å². The largest absolute Gasteiger partial charge is 0.314 e. The van der Waals surface area contributed by atoms with Gasteiger partial charge in [0, 0.05) is 16.1 Å². The lowest BCUT2D eigenvalue weighted by Crippen LogP contribution is -2.37. The van der Waals surface area contributed by atoms with E-state index in [1.54, 1.807) is 6.07 Å². The predicted octanol–water partition coefficient (Wildman–Crippen LogP) is 3.50. The number of nitrogens with zero attached hydrogens (tertiary/aromatic N) is 2. The number of rotatable bonds is 3. The molecule has 2 saturated heterocycles. The van der Waals surface area contributed by atoms with Crippen molar-refractivity contribution in [3.63, 3.8) is 0 Å². The molecular formula is C15H16BrClN2O3S2. The third-order valence-corrected chi connectivity index (χ3v) is 7.93. The number of aliphatic imine (C=N–C) groups is 1. The average Bonchev–Trinajstić information content (AvgIpc) is 2.91. The fourth-order valence-corrected chi connectivity index (χ4v) is 7.59. The highest BCUT2D eigenvalue weighted by atomic mass is 79.9. The second kappa shape index (κ2) is 6.97. The quantitative estimate of drug-likeness (QED) is 0.703. The van der Waals surface area contributed by atoms with Crippen molar-refractivity contribution in [2.24, 2.45) is 4.99 Å². The van der Waals surface area contributed by atoms with Crippen molar-refractivity contribution < 1.29 is 13.2 Å². The molecule has 0 spiro atoms. The zero-order valence-electron chi connectivity index (χ0n) is 12.9. The van der Waals surface area contributed by atoms with Crippen LogP contribution in [0.2, 0.25) is 5.02 Å². The molecule has 3 rings (SSSR count). The number of amidine groups is 1. The van der Waals surface area contributed by atoms with E-state index in [4.69, 9.17) is 11.6 Å². The van der Waals surface area contributed by atoms with Crippen LogP contribution in [-0.2, 0) is 14.6 Å². The number of sulfone groups is 1. The van der Waals surface area contributed by atoms with Crippen molar-refractivity contribution in [2.75, 3.05) is 16.4 Å². The van der Waals surface area contributed by atoms with Crippen LogP contribution in [0.25, 0.3) is 0 Å². The van der Waals surface area contributed by atoms with E-state index < -0.39 is 9.84 Å². The molecule has 5 nitrogen and oxygen atoms in total. The maximum atomic E-state index is 12.0. The van der Waals surface area contributed by atoms with Gasteiger partial charge in [-0.1, -0.05) is 46.2 Å². The van der Waals surface area contributed by atoms with Gasteiger partial charge in [0.15, 0.2) is 15.0 Å². The van der Waals surface area contributed by atoms with Crippen LogP contribution in [0.4, 0.5) is 5.69 Å². The second-order valence-electron chi connectivity index (χ2n) is 5.80. The molecule has 0 aromatic heterocycles. The molecule has 0 bridgehead atoms. The van der Waals surface area contributed by atoms with Crippen LogP contribution in [0.1, 0.15) is 19.8 Å². The molecule has 24 heavy (non-hydrogen) atoms. The molecule has 0 radical (unpaired) electrons. The predicted molar refractivity (Wildman–Crippen MR) is 103 cm³/mol. The summed E-state index contributed by atoms with van der Waals surface area (Å²) in [4.78, 5) is 18.0. The van der Waals surface area contributed by atoms with Crippen LogP contribution in [0, 0.1) is 0 Å². The van der Waals surface area contributed by atoms with E-state index in [-0.39, 0.29) is 28.7 Å². The SMILES string of the molecule is CCCC(=O)N=C1S[C@@H]2CS(=O)(=O)C[C@H]2N1c1ccc(Br)cc1Cl. The maximum Gasteiger partial charge on any atom is 0.248 e. The summed E-state index contributed by atoms with van der Waals surface area (Å²) in [5.74, 6) is -0.0347. The number of fused-ring (bicyclic) bond motifs is 1. The van der Waals surface area contributed by atoms with Crippen LogP contribution in [0.3, 0.4) is 0 Å². The Hall–Kier alpha value is -0.570. The van der Waals surface area contributed by atoms with Gasteiger partial charge in [-0.15, -0.1) is 0 Å². The summed E-state index contributed by atoms with van der Waals surface area (Å²) in [6, 6.07) is 5.17. The minimum absolute atomic E-state index is 0.0536. The molecule has 1 amide bonds. The molecule has 2 aliphatic heterocycles. The van der Waals surface area contributed by atoms with Gasteiger partial charge in [0.2, 0.25) is 5.91 Å². The van der Waals surface area contributed by atoms with Gasteiger partial charge in [-0.05, 0) is 24.6 Å². The van der Waals surface area contributed by atoms with Gasteiger partial charge < -0.3 is 4.90 Å². The molecule has 1 aromatic carbocycles. The van der Waals surface area contributed by atoms with E-state index in [2.05, 4.69) is 20.9 Å². The van der Waals surface area contributed by atoms with Crippen LogP contribution in [-0.4, -0.2) is 42.3 Å². The van der Waals surface area contributed by atoms with Crippen molar-refractivity contribution in [1.82, 2.24) is 0 Å². The van der Waals surface area contributed by atoms with E-state index >= 15 is 0 Å². The number of carbonyl (C=O) groups excluding carboxylic acids is 1. The lowest BCUT2D eigenvalue weighted by Gasteiger charge is -2.25. The first-order chi connectivity index (χ1) is 11.3. The highest BCUT2D eigenvalue weighted by Crippen LogP contribution is 2.43. The Labute approximate surface area is 158 Å². The molecular weight excluding hydrogens is 436 g/mol. The minimum atomic E-state index is -3.08. The second-order valence-corrected chi connectivity index (χ2v) is 10.5. The molecule has 0 unspecified atom stereocenters. The van der Waals surface area contributed by atoms with Gasteiger partial charge in [0.1, 0.15) is 0 Å².